The molecule has 0 rings (SSSR count). The van der Waals surface area contributed by atoms with Gasteiger partial charge in [0.1, 0.15) is 5.41 Å². The van der Waals surface area contributed by atoms with Crippen LogP contribution in [0.4, 0.5) is 0 Å². The fourth-order valence-electron chi connectivity index (χ4n) is 1.83. The second-order valence-corrected chi connectivity index (χ2v) is 4.82. The lowest BCUT2D eigenvalue weighted by atomic mass is 9.77. The van der Waals surface area contributed by atoms with Crippen LogP contribution in [0.3, 0.4) is 0 Å². The molecule has 3 heteroatoms. The zero-order valence-electron chi connectivity index (χ0n) is 12.2. The van der Waals surface area contributed by atoms with Gasteiger partial charge >= 0.3 is 5.97 Å². The normalized spacial score (nSPS) is 13.8. The Balaban J connectivity index is 4.63. The van der Waals surface area contributed by atoms with E-state index in [2.05, 4.69) is 13.5 Å². The van der Waals surface area contributed by atoms with Crippen molar-refractivity contribution in [3.63, 3.8) is 0 Å². The number of rotatable bonds is 9. The summed E-state index contributed by atoms with van der Waals surface area (Å²) in [4.78, 5) is 23.7. The maximum atomic E-state index is 11.9. The van der Waals surface area contributed by atoms with Gasteiger partial charge in [-0.15, -0.1) is 0 Å². The highest BCUT2D eigenvalue weighted by Crippen LogP contribution is 2.32. The van der Waals surface area contributed by atoms with Crippen molar-refractivity contribution >= 4 is 11.8 Å². The summed E-state index contributed by atoms with van der Waals surface area (Å²) in [7, 11) is 0. The molecule has 0 spiro atoms. The highest BCUT2D eigenvalue weighted by atomic mass is 16.5. The molecule has 1 unspecified atom stereocenters. The van der Waals surface area contributed by atoms with E-state index >= 15 is 0 Å². The second-order valence-electron chi connectivity index (χ2n) is 4.82. The predicted octanol–water partition coefficient (Wildman–Crippen LogP) is 3.67. The molecule has 18 heavy (non-hydrogen) atoms. The monoisotopic (exact) mass is 254 g/mol. The van der Waals surface area contributed by atoms with Crippen molar-refractivity contribution in [2.75, 3.05) is 6.61 Å². The first-order valence-electron chi connectivity index (χ1n) is 6.77. The second kappa shape index (κ2) is 8.06. The van der Waals surface area contributed by atoms with Crippen LogP contribution in [-0.4, -0.2) is 18.4 Å². The van der Waals surface area contributed by atoms with Crippen molar-refractivity contribution in [2.24, 2.45) is 5.41 Å². The number of ether oxygens (including phenoxy) is 1. The SMILES string of the molecule is C=C(CCCCCC)C(C)(C(C)=O)C(=O)OCC. The van der Waals surface area contributed by atoms with Gasteiger partial charge in [-0.05, 0) is 33.6 Å². The number of carbonyl (C=O) groups excluding carboxylic acids is 2. The number of ketones is 1. The minimum Gasteiger partial charge on any atom is -0.465 e. The molecule has 0 aliphatic carbocycles. The van der Waals surface area contributed by atoms with E-state index in [1.165, 1.54) is 13.3 Å². The molecule has 0 saturated heterocycles. The molecule has 104 valence electrons. The maximum absolute atomic E-state index is 11.9. The van der Waals surface area contributed by atoms with Gasteiger partial charge in [-0.1, -0.05) is 38.3 Å². The fraction of sp³-hybridized carbons (Fsp3) is 0.733. The largest absolute Gasteiger partial charge is 0.465 e. The van der Waals surface area contributed by atoms with Gasteiger partial charge in [0.15, 0.2) is 5.78 Å². The number of esters is 1. The Morgan fingerprint density at radius 1 is 1.17 bits per heavy atom. The molecule has 0 aromatic rings. The molecule has 0 N–H and O–H groups in total. The van der Waals surface area contributed by atoms with Gasteiger partial charge in [-0.2, -0.15) is 0 Å². The molecule has 0 amide bonds. The lowest BCUT2D eigenvalue weighted by Crippen LogP contribution is -2.38. The first-order chi connectivity index (χ1) is 8.41. The minimum absolute atomic E-state index is 0.193. The van der Waals surface area contributed by atoms with Crippen LogP contribution >= 0.6 is 0 Å². The summed E-state index contributed by atoms with van der Waals surface area (Å²) in [6.07, 6.45) is 5.11. The molecule has 0 aliphatic rings. The zero-order chi connectivity index (χ0) is 14.2. The Morgan fingerprint density at radius 2 is 1.78 bits per heavy atom. The molecule has 1 atom stereocenters. The number of carbonyl (C=O) groups is 2. The van der Waals surface area contributed by atoms with E-state index in [1.807, 2.05) is 0 Å². The van der Waals surface area contributed by atoms with Gasteiger partial charge in [-0.25, -0.2) is 0 Å². The molecule has 3 nitrogen and oxygen atoms in total. The van der Waals surface area contributed by atoms with E-state index in [9.17, 15) is 9.59 Å². The molecular formula is C15H26O3. The van der Waals surface area contributed by atoms with Crippen LogP contribution in [0.2, 0.25) is 0 Å². The van der Waals surface area contributed by atoms with Gasteiger partial charge in [0.05, 0.1) is 6.61 Å². The average Bonchev–Trinajstić information content (AvgIpc) is 2.33. The summed E-state index contributed by atoms with van der Waals surface area (Å²) in [5.74, 6) is -0.667. The Kier molecular flexibility index (Phi) is 7.56. The summed E-state index contributed by atoms with van der Waals surface area (Å²) in [6.45, 7) is 11.1. The lowest BCUT2D eigenvalue weighted by molar-refractivity contribution is -0.156. The molecule has 0 aromatic carbocycles. The molecule has 0 radical (unpaired) electrons. The first kappa shape index (κ1) is 16.9. The van der Waals surface area contributed by atoms with Crippen LogP contribution in [0, 0.1) is 5.41 Å². The van der Waals surface area contributed by atoms with Crippen molar-refractivity contribution in [1.29, 1.82) is 0 Å². The van der Waals surface area contributed by atoms with Gasteiger partial charge in [0.25, 0.3) is 0 Å². The van der Waals surface area contributed by atoms with Crippen molar-refractivity contribution in [3.05, 3.63) is 12.2 Å². The van der Waals surface area contributed by atoms with Crippen LogP contribution in [0.1, 0.15) is 59.8 Å². The van der Waals surface area contributed by atoms with Crippen molar-refractivity contribution < 1.29 is 14.3 Å². The van der Waals surface area contributed by atoms with Crippen molar-refractivity contribution in [1.82, 2.24) is 0 Å². The quantitative estimate of drug-likeness (QED) is 0.273. The van der Waals surface area contributed by atoms with Crippen molar-refractivity contribution in [3.8, 4) is 0 Å². The van der Waals surface area contributed by atoms with Crippen LogP contribution < -0.4 is 0 Å². The number of unbranched alkanes of at least 4 members (excludes halogenated alkanes) is 3. The minimum atomic E-state index is -1.18. The third-order valence-electron chi connectivity index (χ3n) is 3.43. The highest BCUT2D eigenvalue weighted by Gasteiger charge is 2.41. The Labute approximate surface area is 111 Å². The van der Waals surface area contributed by atoms with E-state index in [0.29, 0.717) is 12.0 Å². The third kappa shape index (κ3) is 4.28. The molecule has 0 fully saturated rings. The summed E-state index contributed by atoms with van der Waals surface area (Å²) in [5, 5.41) is 0. The molecule has 0 aliphatic heterocycles. The zero-order valence-corrected chi connectivity index (χ0v) is 12.2. The molecular weight excluding hydrogens is 228 g/mol. The van der Waals surface area contributed by atoms with E-state index in [4.69, 9.17) is 4.74 Å². The molecule has 0 aromatic heterocycles. The standard InChI is InChI=1S/C15H26O3/c1-6-8-9-10-11-12(3)15(5,13(4)16)14(17)18-7-2/h3,6-11H2,1-2,4-5H3. The Hall–Kier alpha value is -1.12. The summed E-state index contributed by atoms with van der Waals surface area (Å²) >= 11 is 0. The fourth-order valence-corrected chi connectivity index (χ4v) is 1.83. The van der Waals surface area contributed by atoms with Crippen LogP contribution in [0.25, 0.3) is 0 Å². The lowest BCUT2D eigenvalue weighted by Gasteiger charge is -2.26. The Bertz CT molecular complexity index is 307. The van der Waals surface area contributed by atoms with Crippen molar-refractivity contribution in [2.45, 2.75) is 59.8 Å². The van der Waals surface area contributed by atoms with E-state index < -0.39 is 11.4 Å². The van der Waals surface area contributed by atoms with Crippen LogP contribution in [0.15, 0.2) is 12.2 Å². The Morgan fingerprint density at radius 3 is 2.22 bits per heavy atom. The van der Waals surface area contributed by atoms with Gasteiger partial charge in [0.2, 0.25) is 0 Å². The molecule has 0 heterocycles. The summed E-state index contributed by atoms with van der Waals surface area (Å²) < 4.78 is 5.00. The molecule has 0 saturated carbocycles. The van der Waals surface area contributed by atoms with Crippen LogP contribution in [0.5, 0.6) is 0 Å². The summed E-state index contributed by atoms with van der Waals surface area (Å²) in [6, 6.07) is 0. The van der Waals surface area contributed by atoms with E-state index in [0.717, 1.165) is 19.3 Å². The van der Waals surface area contributed by atoms with Gasteiger partial charge in [-0.3, -0.25) is 9.59 Å². The van der Waals surface area contributed by atoms with E-state index in [-0.39, 0.29) is 12.4 Å². The van der Waals surface area contributed by atoms with Gasteiger partial charge < -0.3 is 4.74 Å². The third-order valence-corrected chi connectivity index (χ3v) is 3.43. The average molecular weight is 254 g/mol. The maximum Gasteiger partial charge on any atom is 0.323 e. The number of hydrogen-bond donors (Lipinski definition) is 0. The first-order valence-corrected chi connectivity index (χ1v) is 6.77. The van der Waals surface area contributed by atoms with Gasteiger partial charge in [0, 0.05) is 0 Å². The smallest absolute Gasteiger partial charge is 0.323 e. The van der Waals surface area contributed by atoms with Crippen LogP contribution in [-0.2, 0) is 14.3 Å². The summed E-state index contributed by atoms with van der Waals surface area (Å²) in [5.41, 5.74) is -0.507. The topological polar surface area (TPSA) is 43.4 Å². The van der Waals surface area contributed by atoms with E-state index in [1.54, 1.807) is 13.8 Å². The highest BCUT2D eigenvalue weighted by molar-refractivity contribution is 6.05. The predicted molar refractivity (Wildman–Crippen MR) is 73.3 cm³/mol. The number of hydrogen-bond acceptors (Lipinski definition) is 3. The number of Topliss-reactive ketones (excluding diaryl/α,β-unsaturated/α-hetero) is 1. The molecule has 0 bridgehead atoms.